The molecular formula is C19H22N2O3. The molecule has 0 radical (unpaired) electrons. The Balaban J connectivity index is 1.49. The Hall–Kier alpha value is -2.53. The zero-order valence-electron chi connectivity index (χ0n) is 13.5. The number of urea groups is 1. The minimum Gasteiger partial charge on any atom is -0.508 e. The van der Waals surface area contributed by atoms with Crippen LogP contribution in [0.25, 0.3) is 0 Å². The molecule has 0 unspecified atom stereocenters. The van der Waals surface area contributed by atoms with E-state index in [4.69, 9.17) is 5.11 Å². The summed E-state index contributed by atoms with van der Waals surface area (Å²) in [7, 11) is 0. The standard InChI is InChI=1S/C19H22N2O3/c22-12-16-10-13(4-7-18(16)23)8-9-20-19(24)21-17-6-5-14-2-1-3-15(14)11-17/h4-7,10-11,22-23H,1-3,8-9,12H2,(H2,20,21,24). The molecule has 5 nitrogen and oxygen atoms in total. The molecule has 2 amide bonds. The van der Waals surface area contributed by atoms with Crippen molar-refractivity contribution in [2.75, 3.05) is 11.9 Å². The fourth-order valence-corrected chi connectivity index (χ4v) is 3.07. The molecule has 2 aromatic rings. The molecule has 0 aromatic heterocycles. The number of aliphatic hydroxyl groups excluding tert-OH is 1. The Morgan fingerprint density at radius 1 is 1.08 bits per heavy atom. The average Bonchev–Trinajstić information content (AvgIpc) is 3.04. The van der Waals surface area contributed by atoms with Crippen LogP contribution in [0.4, 0.5) is 10.5 Å². The van der Waals surface area contributed by atoms with Crippen molar-refractivity contribution in [1.82, 2.24) is 5.32 Å². The molecule has 1 aliphatic carbocycles. The maximum Gasteiger partial charge on any atom is 0.319 e. The monoisotopic (exact) mass is 326 g/mol. The molecule has 2 aromatic carbocycles. The third-order valence-electron chi connectivity index (χ3n) is 4.37. The van der Waals surface area contributed by atoms with E-state index in [9.17, 15) is 9.90 Å². The van der Waals surface area contributed by atoms with Crippen molar-refractivity contribution < 1.29 is 15.0 Å². The van der Waals surface area contributed by atoms with Gasteiger partial charge < -0.3 is 20.8 Å². The molecule has 5 heteroatoms. The van der Waals surface area contributed by atoms with Crippen LogP contribution >= 0.6 is 0 Å². The third-order valence-corrected chi connectivity index (χ3v) is 4.37. The SMILES string of the molecule is O=C(NCCc1ccc(O)c(CO)c1)Nc1ccc2c(c1)CCC2. The number of carbonyl (C=O) groups excluding carboxylic acids is 1. The summed E-state index contributed by atoms with van der Waals surface area (Å²) in [5.74, 6) is 0.0866. The Morgan fingerprint density at radius 2 is 1.92 bits per heavy atom. The Labute approximate surface area is 141 Å². The highest BCUT2D eigenvalue weighted by atomic mass is 16.3. The molecule has 0 saturated carbocycles. The molecule has 0 fully saturated rings. The summed E-state index contributed by atoms with van der Waals surface area (Å²) < 4.78 is 0. The fourth-order valence-electron chi connectivity index (χ4n) is 3.07. The van der Waals surface area contributed by atoms with E-state index in [2.05, 4.69) is 22.8 Å². The summed E-state index contributed by atoms with van der Waals surface area (Å²) in [6.45, 7) is 0.276. The lowest BCUT2D eigenvalue weighted by molar-refractivity contribution is 0.252. The van der Waals surface area contributed by atoms with Gasteiger partial charge in [-0.05, 0) is 66.6 Å². The first-order valence-electron chi connectivity index (χ1n) is 8.24. The lowest BCUT2D eigenvalue weighted by atomic mass is 10.1. The minimum atomic E-state index is -0.228. The topological polar surface area (TPSA) is 81.6 Å². The van der Waals surface area contributed by atoms with Crippen LogP contribution in [-0.4, -0.2) is 22.8 Å². The first-order chi connectivity index (χ1) is 11.7. The van der Waals surface area contributed by atoms with Gasteiger partial charge in [-0.1, -0.05) is 12.1 Å². The summed E-state index contributed by atoms with van der Waals surface area (Å²) in [6.07, 6.45) is 4.03. The largest absolute Gasteiger partial charge is 0.508 e. The molecule has 0 aliphatic heterocycles. The van der Waals surface area contributed by atoms with Crippen molar-refractivity contribution in [2.24, 2.45) is 0 Å². The molecule has 3 rings (SSSR count). The van der Waals surface area contributed by atoms with Gasteiger partial charge in [-0.25, -0.2) is 4.79 Å². The zero-order chi connectivity index (χ0) is 16.9. The number of aromatic hydroxyl groups is 1. The number of nitrogens with one attached hydrogen (secondary N) is 2. The van der Waals surface area contributed by atoms with Crippen LogP contribution in [0.3, 0.4) is 0 Å². The van der Waals surface area contributed by atoms with Gasteiger partial charge in [0.15, 0.2) is 0 Å². The maximum atomic E-state index is 12.0. The number of amides is 2. The molecule has 4 N–H and O–H groups in total. The Bertz CT molecular complexity index is 743. The molecule has 0 heterocycles. The zero-order valence-corrected chi connectivity index (χ0v) is 13.5. The molecule has 24 heavy (non-hydrogen) atoms. The summed E-state index contributed by atoms with van der Waals surface area (Å²) in [4.78, 5) is 12.0. The minimum absolute atomic E-state index is 0.0866. The highest BCUT2D eigenvalue weighted by Crippen LogP contribution is 2.24. The Morgan fingerprint density at radius 3 is 2.75 bits per heavy atom. The maximum absolute atomic E-state index is 12.0. The lowest BCUT2D eigenvalue weighted by Crippen LogP contribution is -2.30. The number of aryl methyl sites for hydroxylation is 2. The predicted octanol–water partition coefficient (Wildman–Crippen LogP) is 2.74. The average molecular weight is 326 g/mol. The van der Waals surface area contributed by atoms with Gasteiger partial charge in [0.1, 0.15) is 5.75 Å². The van der Waals surface area contributed by atoms with Crippen molar-refractivity contribution in [1.29, 1.82) is 0 Å². The van der Waals surface area contributed by atoms with Crippen LogP contribution in [-0.2, 0) is 25.9 Å². The number of carbonyl (C=O) groups is 1. The summed E-state index contributed by atoms with van der Waals surface area (Å²) in [6, 6.07) is 10.9. The van der Waals surface area contributed by atoms with Crippen molar-refractivity contribution in [2.45, 2.75) is 32.3 Å². The molecule has 0 spiro atoms. The van der Waals surface area contributed by atoms with Crippen LogP contribution in [0.5, 0.6) is 5.75 Å². The van der Waals surface area contributed by atoms with E-state index in [-0.39, 0.29) is 18.4 Å². The van der Waals surface area contributed by atoms with E-state index in [0.29, 0.717) is 18.5 Å². The van der Waals surface area contributed by atoms with Gasteiger partial charge in [0.2, 0.25) is 0 Å². The van der Waals surface area contributed by atoms with Gasteiger partial charge in [0.25, 0.3) is 0 Å². The van der Waals surface area contributed by atoms with Crippen LogP contribution in [0.15, 0.2) is 36.4 Å². The molecular weight excluding hydrogens is 304 g/mol. The van der Waals surface area contributed by atoms with Crippen LogP contribution < -0.4 is 10.6 Å². The van der Waals surface area contributed by atoms with E-state index in [1.54, 1.807) is 18.2 Å². The molecule has 126 valence electrons. The molecule has 0 atom stereocenters. The number of rotatable bonds is 5. The number of hydrogen-bond donors (Lipinski definition) is 4. The second-order valence-corrected chi connectivity index (χ2v) is 6.09. The van der Waals surface area contributed by atoms with E-state index in [1.807, 2.05) is 6.07 Å². The van der Waals surface area contributed by atoms with Crippen molar-refractivity contribution in [3.05, 3.63) is 58.7 Å². The molecule has 0 bridgehead atoms. The number of fused-ring (bicyclic) bond motifs is 1. The smallest absolute Gasteiger partial charge is 0.319 e. The highest BCUT2D eigenvalue weighted by molar-refractivity contribution is 5.89. The van der Waals surface area contributed by atoms with Gasteiger partial charge in [0, 0.05) is 17.8 Å². The van der Waals surface area contributed by atoms with E-state index in [0.717, 1.165) is 24.1 Å². The summed E-state index contributed by atoms with van der Waals surface area (Å²) >= 11 is 0. The van der Waals surface area contributed by atoms with Crippen LogP contribution in [0.2, 0.25) is 0 Å². The van der Waals surface area contributed by atoms with Gasteiger partial charge in [0.05, 0.1) is 6.61 Å². The summed E-state index contributed by atoms with van der Waals surface area (Å²) in [5.41, 5.74) is 4.98. The summed E-state index contributed by atoms with van der Waals surface area (Å²) in [5, 5.41) is 24.4. The lowest BCUT2D eigenvalue weighted by Gasteiger charge is -2.10. The second kappa shape index (κ2) is 7.36. The molecule has 0 saturated heterocycles. The van der Waals surface area contributed by atoms with Gasteiger partial charge in [-0.15, -0.1) is 0 Å². The number of hydrogen-bond acceptors (Lipinski definition) is 3. The normalized spacial score (nSPS) is 12.7. The van der Waals surface area contributed by atoms with Gasteiger partial charge >= 0.3 is 6.03 Å². The van der Waals surface area contributed by atoms with Crippen molar-refractivity contribution in [3.8, 4) is 5.75 Å². The van der Waals surface area contributed by atoms with E-state index >= 15 is 0 Å². The van der Waals surface area contributed by atoms with E-state index < -0.39 is 0 Å². The van der Waals surface area contributed by atoms with Gasteiger partial charge in [-0.3, -0.25) is 0 Å². The quantitative estimate of drug-likeness (QED) is 0.682. The van der Waals surface area contributed by atoms with Crippen molar-refractivity contribution >= 4 is 11.7 Å². The first-order valence-corrected chi connectivity index (χ1v) is 8.24. The third kappa shape index (κ3) is 3.86. The Kier molecular flexibility index (Phi) is 5.01. The van der Waals surface area contributed by atoms with E-state index in [1.165, 1.54) is 17.5 Å². The number of aliphatic hydroxyl groups is 1. The predicted molar refractivity (Wildman–Crippen MR) is 93.2 cm³/mol. The van der Waals surface area contributed by atoms with Crippen LogP contribution in [0.1, 0.15) is 28.7 Å². The number of anilines is 1. The highest BCUT2D eigenvalue weighted by Gasteiger charge is 2.11. The number of phenols is 1. The molecule has 1 aliphatic rings. The first kappa shape index (κ1) is 16.3. The van der Waals surface area contributed by atoms with Crippen LogP contribution in [0, 0.1) is 0 Å². The number of benzene rings is 2. The van der Waals surface area contributed by atoms with Gasteiger partial charge in [-0.2, -0.15) is 0 Å². The second-order valence-electron chi connectivity index (χ2n) is 6.09. The fraction of sp³-hybridized carbons (Fsp3) is 0.316. The van der Waals surface area contributed by atoms with Crippen molar-refractivity contribution in [3.63, 3.8) is 0 Å².